The van der Waals surface area contributed by atoms with Crippen LogP contribution in [0, 0.1) is 0 Å². The van der Waals surface area contributed by atoms with Crippen molar-refractivity contribution in [2.24, 2.45) is 0 Å². The molecule has 0 bridgehead atoms. The number of carbonyl (C=O) groups is 1. The molecule has 0 saturated carbocycles. The Morgan fingerprint density at radius 2 is 1.90 bits per heavy atom. The van der Waals surface area contributed by atoms with E-state index in [1.165, 1.54) is 0 Å². The topological polar surface area (TPSA) is 71.0 Å². The smallest absolute Gasteiger partial charge is 0.253 e. The monoisotopic (exact) mass is 283 g/mol. The summed E-state index contributed by atoms with van der Waals surface area (Å²) in [6.45, 7) is 1.50. The summed E-state index contributed by atoms with van der Waals surface area (Å²) in [6, 6.07) is 7.61. The minimum absolute atomic E-state index is 0.0790. The summed E-state index contributed by atoms with van der Waals surface area (Å²) >= 11 is 0. The zero-order chi connectivity index (χ0) is 14.5. The molecule has 1 saturated heterocycles. The fraction of sp³-hybridized carbons (Fsp3) is 0.333. The second kappa shape index (κ2) is 6.30. The van der Waals surface area contributed by atoms with Gasteiger partial charge in [-0.05, 0) is 37.1 Å². The molecule has 2 aromatic rings. The average molecular weight is 283 g/mol. The van der Waals surface area contributed by atoms with E-state index in [2.05, 4.69) is 20.5 Å². The van der Waals surface area contributed by atoms with Gasteiger partial charge < -0.3 is 10.2 Å². The molecular weight excluding hydrogens is 266 g/mol. The van der Waals surface area contributed by atoms with Gasteiger partial charge in [0.1, 0.15) is 5.82 Å². The van der Waals surface area contributed by atoms with Crippen LogP contribution in [0.3, 0.4) is 0 Å². The third kappa shape index (κ3) is 3.34. The first-order chi connectivity index (χ1) is 10.3. The predicted molar refractivity (Wildman–Crippen MR) is 78.8 cm³/mol. The number of carbonyl (C=O) groups excluding carboxylic acids is 1. The molecule has 3 rings (SSSR count). The maximum absolute atomic E-state index is 12.3. The summed E-state index contributed by atoms with van der Waals surface area (Å²) in [5.74, 6) is 0.867. The predicted octanol–water partition coefficient (Wildman–Crippen LogP) is 1.59. The number of aromatic nitrogens is 3. The van der Waals surface area contributed by atoms with Crippen LogP contribution >= 0.6 is 0 Å². The van der Waals surface area contributed by atoms with E-state index in [1.807, 2.05) is 17.0 Å². The first-order valence-corrected chi connectivity index (χ1v) is 7.06. The number of hydrogen-bond acceptors (Lipinski definition) is 5. The molecule has 0 aliphatic carbocycles. The van der Waals surface area contributed by atoms with Crippen molar-refractivity contribution in [2.45, 2.75) is 18.9 Å². The second-order valence-corrected chi connectivity index (χ2v) is 5.06. The van der Waals surface area contributed by atoms with Crippen molar-refractivity contribution in [1.82, 2.24) is 20.1 Å². The SMILES string of the molecule is O=C(c1ccncc1)N1CCC(Nc2cccnn2)CC1. The first kappa shape index (κ1) is 13.5. The Bertz CT molecular complexity index is 582. The molecule has 0 aromatic carbocycles. The van der Waals surface area contributed by atoms with Gasteiger partial charge in [0.15, 0.2) is 0 Å². The highest BCUT2D eigenvalue weighted by atomic mass is 16.2. The summed E-state index contributed by atoms with van der Waals surface area (Å²) in [5, 5.41) is 11.2. The lowest BCUT2D eigenvalue weighted by Crippen LogP contribution is -2.42. The molecule has 108 valence electrons. The number of pyridine rings is 1. The van der Waals surface area contributed by atoms with E-state index in [4.69, 9.17) is 0 Å². The van der Waals surface area contributed by atoms with Crippen molar-refractivity contribution < 1.29 is 4.79 Å². The molecule has 6 heteroatoms. The lowest BCUT2D eigenvalue weighted by atomic mass is 10.0. The maximum Gasteiger partial charge on any atom is 0.253 e. The fourth-order valence-electron chi connectivity index (χ4n) is 2.49. The Balaban J connectivity index is 1.54. The standard InChI is InChI=1S/C15H17N5O/c21-15(12-3-8-16-9-4-12)20-10-5-13(6-11-20)18-14-2-1-7-17-19-14/h1-4,7-9,13H,5-6,10-11H2,(H,18,19). The van der Waals surface area contributed by atoms with Gasteiger partial charge >= 0.3 is 0 Å². The number of anilines is 1. The summed E-state index contributed by atoms with van der Waals surface area (Å²) in [5.41, 5.74) is 0.699. The zero-order valence-electron chi connectivity index (χ0n) is 11.6. The van der Waals surface area contributed by atoms with Gasteiger partial charge in [-0.1, -0.05) is 0 Å². The number of hydrogen-bond donors (Lipinski definition) is 1. The molecular formula is C15H17N5O. The first-order valence-electron chi connectivity index (χ1n) is 7.06. The molecule has 0 spiro atoms. The number of nitrogens with zero attached hydrogens (tertiary/aromatic N) is 4. The van der Waals surface area contributed by atoms with Crippen LogP contribution in [0.15, 0.2) is 42.9 Å². The zero-order valence-corrected chi connectivity index (χ0v) is 11.6. The Hall–Kier alpha value is -2.50. The van der Waals surface area contributed by atoms with E-state index in [1.54, 1.807) is 30.7 Å². The molecule has 1 aliphatic heterocycles. The lowest BCUT2D eigenvalue weighted by Gasteiger charge is -2.32. The van der Waals surface area contributed by atoms with Crippen LogP contribution in [0.1, 0.15) is 23.2 Å². The molecule has 21 heavy (non-hydrogen) atoms. The highest BCUT2D eigenvalue weighted by molar-refractivity contribution is 5.94. The van der Waals surface area contributed by atoms with Crippen LogP contribution in [0.2, 0.25) is 0 Å². The average Bonchev–Trinajstić information content (AvgIpc) is 2.57. The third-order valence-electron chi connectivity index (χ3n) is 3.63. The van der Waals surface area contributed by atoms with Crippen molar-refractivity contribution in [3.63, 3.8) is 0 Å². The van der Waals surface area contributed by atoms with E-state index in [-0.39, 0.29) is 5.91 Å². The van der Waals surface area contributed by atoms with Crippen LogP contribution in [0.4, 0.5) is 5.82 Å². The molecule has 1 amide bonds. The number of piperidine rings is 1. The van der Waals surface area contributed by atoms with Crippen LogP contribution in [-0.2, 0) is 0 Å². The van der Waals surface area contributed by atoms with Gasteiger partial charge in [0.25, 0.3) is 5.91 Å². The van der Waals surface area contributed by atoms with Crippen LogP contribution in [0.25, 0.3) is 0 Å². The number of amides is 1. The van der Waals surface area contributed by atoms with E-state index in [0.717, 1.165) is 31.7 Å². The molecule has 1 N–H and O–H groups in total. The molecule has 0 unspecified atom stereocenters. The highest BCUT2D eigenvalue weighted by Gasteiger charge is 2.23. The largest absolute Gasteiger partial charge is 0.366 e. The van der Waals surface area contributed by atoms with E-state index < -0.39 is 0 Å². The molecule has 2 aromatic heterocycles. The van der Waals surface area contributed by atoms with E-state index in [9.17, 15) is 4.79 Å². The summed E-state index contributed by atoms with van der Waals surface area (Å²) < 4.78 is 0. The Kier molecular flexibility index (Phi) is 4.04. The Morgan fingerprint density at radius 1 is 1.14 bits per heavy atom. The van der Waals surface area contributed by atoms with Gasteiger partial charge in [0, 0.05) is 43.3 Å². The van der Waals surface area contributed by atoms with Crippen molar-refractivity contribution in [3.8, 4) is 0 Å². The summed E-state index contributed by atoms with van der Waals surface area (Å²) in [7, 11) is 0. The van der Waals surface area contributed by atoms with Crippen LogP contribution in [-0.4, -0.2) is 45.1 Å². The van der Waals surface area contributed by atoms with Gasteiger partial charge in [0.2, 0.25) is 0 Å². The van der Waals surface area contributed by atoms with E-state index >= 15 is 0 Å². The molecule has 0 atom stereocenters. The van der Waals surface area contributed by atoms with Gasteiger partial charge in [0.05, 0.1) is 0 Å². The molecule has 1 aliphatic rings. The molecule has 0 radical (unpaired) electrons. The quantitative estimate of drug-likeness (QED) is 0.926. The van der Waals surface area contributed by atoms with Gasteiger partial charge in [-0.2, -0.15) is 5.10 Å². The van der Waals surface area contributed by atoms with Crippen molar-refractivity contribution in [3.05, 3.63) is 48.4 Å². The normalized spacial score (nSPS) is 15.7. The van der Waals surface area contributed by atoms with E-state index in [0.29, 0.717) is 11.6 Å². The lowest BCUT2D eigenvalue weighted by molar-refractivity contribution is 0.0718. The molecule has 3 heterocycles. The van der Waals surface area contributed by atoms with Crippen molar-refractivity contribution in [2.75, 3.05) is 18.4 Å². The van der Waals surface area contributed by atoms with Crippen molar-refractivity contribution in [1.29, 1.82) is 0 Å². The maximum atomic E-state index is 12.3. The minimum Gasteiger partial charge on any atom is -0.366 e. The fourth-order valence-corrected chi connectivity index (χ4v) is 2.49. The Labute approximate surface area is 123 Å². The molecule has 6 nitrogen and oxygen atoms in total. The highest BCUT2D eigenvalue weighted by Crippen LogP contribution is 2.16. The third-order valence-corrected chi connectivity index (χ3v) is 3.63. The van der Waals surface area contributed by atoms with Gasteiger partial charge in [-0.15, -0.1) is 5.10 Å². The minimum atomic E-state index is 0.0790. The van der Waals surface area contributed by atoms with Crippen LogP contribution < -0.4 is 5.32 Å². The second-order valence-electron chi connectivity index (χ2n) is 5.06. The summed E-state index contributed by atoms with van der Waals surface area (Å²) in [6.07, 6.45) is 6.77. The Morgan fingerprint density at radius 3 is 2.57 bits per heavy atom. The van der Waals surface area contributed by atoms with Crippen LogP contribution in [0.5, 0.6) is 0 Å². The number of rotatable bonds is 3. The van der Waals surface area contributed by atoms with Crippen molar-refractivity contribution >= 4 is 11.7 Å². The number of likely N-dealkylation sites (tertiary alicyclic amines) is 1. The number of nitrogens with one attached hydrogen (secondary N) is 1. The van der Waals surface area contributed by atoms with Gasteiger partial charge in [-0.3, -0.25) is 9.78 Å². The summed E-state index contributed by atoms with van der Waals surface area (Å²) in [4.78, 5) is 18.2. The van der Waals surface area contributed by atoms with Gasteiger partial charge in [-0.25, -0.2) is 0 Å². The molecule has 1 fully saturated rings.